The Hall–Kier alpha value is -2.77. The number of halogens is 1. The quantitative estimate of drug-likeness (QED) is 0.531. The van der Waals surface area contributed by atoms with Crippen molar-refractivity contribution in [1.82, 2.24) is 4.90 Å². The van der Waals surface area contributed by atoms with Gasteiger partial charge in [-0.15, -0.1) is 0 Å². The Morgan fingerprint density at radius 2 is 1.65 bits per heavy atom. The van der Waals surface area contributed by atoms with Crippen LogP contribution in [0.2, 0.25) is 5.02 Å². The second-order valence-electron chi connectivity index (χ2n) is 9.68. The minimum absolute atomic E-state index is 0.0185. The van der Waals surface area contributed by atoms with Crippen LogP contribution >= 0.6 is 11.6 Å². The van der Waals surface area contributed by atoms with Gasteiger partial charge in [-0.1, -0.05) is 55.5 Å². The number of rotatable bonds is 4. The number of carbonyl (C=O) groups is 2. The van der Waals surface area contributed by atoms with Gasteiger partial charge in [-0.05, 0) is 42.2 Å². The second-order valence-corrected chi connectivity index (χ2v) is 10.1. The number of hydrogen-bond donors (Lipinski definition) is 0. The molecule has 0 saturated heterocycles. The molecule has 8 heteroatoms. The zero-order valence-electron chi connectivity index (χ0n) is 21.7. The molecule has 2 aromatic rings. The van der Waals surface area contributed by atoms with E-state index in [0.717, 1.165) is 61.8 Å². The van der Waals surface area contributed by atoms with Crippen LogP contribution in [0.4, 0.5) is 5.69 Å². The normalized spacial score (nSPS) is 17.0. The van der Waals surface area contributed by atoms with Crippen LogP contribution in [0.1, 0.15) is 56.1 Å². The van der Waals surface area contributed by atoms with Gasteiger partial charge in [0.25, 0.3) is 5.91 Å². The lowest BCUT2D eigenvalue weighted by Gasteiger charge is -2.28. The molecule has 0 fully saturated rings. The highest BCUT2D eigenvalue weighted by Crippen LogP contribution is 2.38. The zero-order valence-corrected chi connectivity index (χ0v) is 22.4. The van der Waals surface area contributed by atoms with Gasteiger partial charge in [-0.3, -0.25) is 9.59 Å². The minimum atomic E-state index is -0.0652. The fraction of sp³-hybridized carbons (Fsp3) is 0.517. The first-order valence-electron chi connectivity index (χ1n) is 13.3. The molecule has 0 atom stereocenters. The molecule has 2 amide bonds. The average molecular weight is 529 g/mol. The third-order valence-corrected chi connectivity index (χ3v) is 7.12. The monoisotopic (exact) mass is 528 g/mol. The van der Waals surface area contributed by atoms with Gasteiger partial charge in [0, 0.05) is 38.9 Å². The zero-order chi connectivity index (χ0) is 26.0. The molecule has 0 bridgehead atoms. The first-order chi connectivity index (χ1) is 18.1. The van der Waals surface area contributed by atoms with E-state index in [-0.39, 0.29) is 24.8 Å². The van der Waals surface area contributed by atoms with Crippen molar-refractivity contribution in [1.29, 1.82) is 0 Å². The number of carbonyl (C=O) groups excluding carboxylic acids is 2. The van der Waals surface area contributed by atoms with Crippen molar-refractivity contribution in [3.63, 3.8) is 0 Å². The van der Waals surface area contributed by atoms with E-state index in [1.807, 2.05) is 40.1 Å². The summed E-state index contributed by atoms with van der Waals surface area (Å²) in [5.41, 5.74) is 2.60. The van der Waals surface area contributed by atoms with Crippen LogP contribution in [-0.2, 0) is 27.3 Å². The molecular formula is C29H37ClN2O5. The number of amides is 2. The molecule has 0 radical (unpaired) electrons. The summed E-state index contributed by atoms with van der Waals surface area (Å²) in [6.07, 6.45) is 7.29. The summed E-state index contributed by atoms with van der Waals surface area (Å²) in [6, 6.07) is 11.5. The maximum Gasteiger partial charge on any atom is 0.252 e. The summed E-state index contributed by atoms with van der Waals surface area (Å²) in [4.78, 5) is 30.3. The smallest absolute Gasteiger partial charge is 0.252 e. The molecule has 37 heavy (non-hydrogen) atoms. The Morgan fingerprint density at radius 1 is 0.919 bits per heavy atom. The van der Waals surface area contributed by atoms with E-state index >= 15 is 0 Å². The largest absolute Gasteiger partial charge is 0.489 e. The average Bonchev–Trinajstić information content (AvgIpc) is 3.12. The van der Waals surface area contributed by atoms with Crippen molar-refractivity contribution in [2.45, 2.75) is 57.9 Å². The highest BCUT2D eigenvalue weighted by atomic mass is 35.5. The molecule has 200 valence electrons. The summed E-state index contributed by atoms with van der Waals surface area (Å²) in [5, 5.41) is 0.463. The van der Waals surface area contributed by atoms with Gasteiger partial charge in [0.2, 0.25) is 5.91 Å². The molecule has 7 nitrogen and oxygen atoms in total. The number of benzene rings is 2. The highest BCUT2D eigenvalue weighted by molar-refractivity contribution is 6.32. The maximum atomic E-state index is 13.6. The molecule has 0 aliphatic carbocycles. The number of anilines is 1. The molecule has 0 spiro atoms. The predicted molar refractivity (Wildman–Crippen MR) is 145 cm³/mol. The fourth-order valence-corrected chi connectivity index (χ4v) is 5.23. The lowest BCUT2D eigenvalue weighted by atomic mass is 10.1. The van der Waals surface area contributed by atoms with Crippen LogP contribution in [0, 0.1) is 0 Å². The van der Waals surface area contributed by atoms with Gasteiger partial charge in [0.15, 0.2) is 11.5 Å². The van der Waals surface area contributed by atoms with E-state index in [1.165, 1.54) is 7.11 Å². The van der Waals surface area contributed by atoms with E-state index in [1.54, 1.807) is 6.07 Å². The summed E-state index contributed by atoms with van der Waals surface area (Å²) in [7, 11) is 1.54. The molecule has 4 rings (SSSR count). The van der Waals surface area contributed by atoms with Crippen molar-refractivity contribution in [3.05, 3.63) is 52.5 Å². The number of para-hydroxylation sites is 1. The van der Waals surface area contributed by atoms with Crippen LogP contribution in [0.15, 0.2) is 36.4 Å². The van der Waals surface area contributed by atoms with Gasteiger partial charge in [0.05, 0.1) is 24.7 Å². The number of nitrogens with zero attached hydrogens (tertiary/aromatic N) is 2. The summed E-state index contributed by atoms with van der Waals surface area (Å²) in [5.74, 6) is 1.09. The van der Waals surface area contributed by atoms with Gasteiger partial charge >= 0.3 is 0 Å². The minimum Gasteiger partial charge on any atom is -0.489 e. The summed E-state index contributed by atoms with van der Waals surface area (Å²) < 4.78 is 16.7. The predicted octanol–water partition coefficient (Wildman–Crippen LogP) is 5.41. The molecular weight excluding hydrogens is 492 g/mol. The van der Waals surface area contributed by atoms with Crippen LogP contribution in [-0.4, -0.2) is 56.7 Å². The summed E-state index contributed by atoms with van der Waals surface area (Å²) >= 11 is 6.49. The SMILES string of the molecule is COCC(=O)N1CCCCCCCCN(C(=O)Cc2cc(Cl)c3c(c2)OCCCO3)Cc2ccccc21. The maximum absolute atomic E-state index is 13.6. The van der Waals surface area contributed by atoms with Crippen molar-refractivity contribution in [3.8, 4) is 11.5 Å². The lowest BCUT2D eigenvalue weighted by molar-refractivity contribution is -0.131. The Labute approximate surface area is 224 Å². The summed E-state index contributed by atoms with van der Waals surface area (Å²) in [6.45, 7) is 2.89. The van der Waals surface area contributed by atoms with Crippen LogP contribution in [0.5, 0.6) is 11.5 Å². The molecule has 2 aliphatic heterocycles. The van der Waals surface area contributed by atoms with Gasteiger partial charge in [-0.2, -0.15) is 0 Å². The number of ether oxygens (including phenoxy) is 3. The second kappa shape index (κ2) is 13.7. The third kappa shape index (κ3) is 7.39. The van der Waals surface area contributed by atoms with Crippen LogP contribution in [0.25, 0.3) is 0 Å². The van der Waals surface area contributed by atoms with E-state index in [9.17, 15) is 9.59 Å². The van der Waals surface area contributed by atoms with E-state index in [2.05, 4.69) is 0 Å². The van der Waals surface area contributed by atoms with Crippen molar-refractivity contribution in [2.75, 3.05) is 44.9 Å². The third-order valence-electron chi connectivity index (χ3n) is 6.84. The molecule has 0 unspecified atom stereocenters. The number of methoxy groups -OCH3 is 1. The lowest BCUT2D eigenvalue weighted by Crippen LogP contribution is -2.37. The van der Waals surface area contributed by atoms with Gasteiger partial charge in [0.1, 0.15) is 6.61 Å². The van der Waals surface area contributed by atoms with Gasteiger partial charge < -0.3 is 24.0 Å². The molecule has 0 saturated carbocycles. The van der Waals surface area contributed by atoms with E-state index in [0.29, 0.717) is 49.4 Å². The fourth-order valence-electron chi connectivity index (χ4n) is 4.94. The van der Waals surface area contributed by atoms with Crippen LogP contribution in [0.3, 0.4) is 0 Å². The van der Waals surface area contributed by atoms with Gasteiger partial charge in [-0.25, -0.2) is 0 Å². The van der Waals surface area contributed by atoms with Crippen molar-refractivity contribution in [2.24, 2.45) is 0 Å². The Balaban J connectivity index is 1.58. The molecule has 2 heterocycles. The molecule has 2 aromatic carbocycles. The standard InChI is InChI=1S/C29H37ClN2O5/c1-35-21-28(34)32-14-9-5-3-2-4-8-13-31(20-23-11-6-7-12-25(23)32)27(33)19-22-17-24(30)29-26(18-22)36-15-10-16-37-29/h6-7,11-12,17-18H,2-5,8-10,13-16,19-21H2,1H3. The number of hydrogen-bond acceptors (Lipinski definition) is 5. The Morgan fingerprint density at radius 3 is 2.46 bits per heavy atom. The Bertz CT molecular complexity index is 1080. The van der Waals surface area contributed by atoms with Crippen molar-refractivity contribution < 1.29 is 23.8 Å². The van der Waals surface area contributed by atoms with E-state index in [4.69, 9.17) is 25.8 Å². The van der Waals surface area contributed by atoms with Crippen molar-refractivity contribution >= 4 is 29.1 Å². The van der Waals surface area contributed by atoms with E-state index < -0.39 is 0 Å². The molecule has 0 aromatic heterocycles. The molecule has 2 aliphatic rings. The first kappa shape index (κ1) is 27.3. The Kier molecular flexibility index (Phi) is 10.1. The van der Waals surface area contributed by atoms with Crippen LogP contribution < -0.4 is 14.4 Å². The first-order valence-corrected chi connectivity index (χ1v) is 13.7. The molecule has 0 N–H and O–H groups in total. The highest BCUT2D eigenvalue weighted by Gasteiger charge is 2.23. The number of fused-ring (bicyclic) bond motifs is 2. The topological polar surface area (TPSA) is 68.3 Å².